The van der Waals surface area contributed by atoms with Gasteiger partial charge in [0, 0.05) is 24.8 Å². The third kappa shape index (κ3) is 2.92. The van der Waals surface area contributed by atoms with Gasteiger partial charge in [-0.05, 0) is 31.4 Å². The fourth-order valence-corrected chi connectivity index (χ4v) is 2.31. The molecule has 0 bridgehead atoms. The van der Waals surface area contributed by atoms with Crippen LogP contribution in [0, 0.1) is 12.8 Å². The summed E-state index contributed by atoms with van der Waals surface area (Å²) in [5.74, 6) is 4.28. The van der Waals surface area contributed by atoms with Crippen molar-refractivity contribution in [2.45, 2.75) is 39.0 Å². The number of rotatable bonds is 5. The summed E-state index contributed by atoms with van der Waals surface area (Å²) in [5, 5.41) is 6.42. The number of carbonyl (C=O) groups excluding carboxylic acids is 1. The first-order chi connectivity index (χ1) is 9.61. The van der Waals surface area contributed by atoms with Crippen LogP contribution in [0.4, 0.5) is 5.82 Å². The van der Waals surface area contributed by atoms with Crippen LogP contribution in [0.1, 0.15) is 43.0 Å². The van der Waals surface area contributed by atoms with Crippen molar-refractivity contribution in [1.29, 1.82) is 0 Å². The molecule has 3 rings (SSSR count). The molecule has 0 aromatic carbocycles. The van der Waals surface area contributed by atoms with Gasteiger partial charge in [0.2, 0.25) is 5.91 Å². The van der Waals surface area contributed by atoms with Crippen LogP contribution >= 0.6 is 0 Å². The summed E-state index contributed by atoms with van der Waals surface area (Å²) < 4.78 is 10.7. The Balaban J connectivity index is 1.49. The average molecular weight is 274 g/mol. The standard InChI is InChI=1S/C15H18N2O3/c1-9-7-12(9)13-5-3-11(19-13)4-6-15(18)16-14-8-10(2)20-17-14/h3,5,8-9,12H,4,6-7H2,1-2H3,(H,16,17,18)/t9-,12+/m0/s1. The predicted octanol–water partition coefficient (Wildman–Crippen LogP) is 3.27. The number of amides is 1. The number of nitrogens with one attached hydrogen (secondary N) is 1. The van der Waals surface area contributed by atoms with E-state index in [1.54, 1.807) is 13.0 Å². The van der Waals surface area contributed by atoms with Gasteiger partial charge in [0.15, 0.2) is 5.82 Å². The summed E-state index contributed by atoms with van der Waals surface area (Å²) >= 11 is 0. The van der Waals surface area contributed by atoms with Crippen molar-refractivity contribution in [3.8, 4) is 0 Å². The van der Waals surface area contributed by atoms with Gasteiger partial charge in [0.1, 0.15) is 17.3 Å². The molecular weight excluding hydrogens is 256 g/mol. The zero-order valence-electron chi connectivity index (χ0n) is 11.7. The Morgan fingerprint density at radius 1 is 1.50 bits per heavy atom. The minimum atomic E-state index is -0.0870. The van der Waals surface area contributed by atoms with Crippen LogP contribution in [0.2, 0.25) is 0 Å². The van der Waals surface area contributed by atoms with E-state index in [2.05, 4.69) is 17.4 Å². The minimum absolute atomic E-state index is 0.0870. The average Bonchev–Trinajstić information content (AvgIpc) is 2.82. The molecule has 0 aliphatic heterocycles. The van der Waals surface area contributed by atoms with Crippen LogP contribution in [0.3, 0.4) is 0 Å². The molecule has 2 atom stereocenters. The summed E-state index contributed by atoms with van der Waals surface area (Å²) in [6.07, 6.45) is 2.18. The zero-order chi connectivity index (χ0) is 14.1. The van der Waals surface area contributed by atoms with Gasteiger partial charge in [0.05, 0.1) is 0 Å². The number of furan rings is 1. The molecule has 1 aliphatic carbocycles. The van der Waals surface area contributed by atoms with Gasteiger partial charge >= 0.3 is 0 Å². The maximum Gasteiger partial charge on any atom is 0.226 e. The second-order valence-electron chi connectivity index (χ2n) is 5.49. The van der Waals surface area contributed by atoms with Crippen LogP contribution in [0.5, 0.6) is 0 Å². The molecule has 20 heavy (non-hydrogen) atoms. The SMILES string of the molecule is Cc1cc(NC(=O)CCc2ccc([C@@H]3C[C@@H]3C)o2)no1. The molecule has 1 amide bonds. The Labute approximate surface area is 117 Å². The van der Waals surface area contributed by atoms with Gasteiger partial charge < -0.3 is 14.3 Å². The molecule has 5 heteroatoms. The number of anilines is 1. The molecular formula is C15H18N2O3. The molecule has 0 radical (unpaired) electrons. The Morgan fingerprint density at radius 2 is 2.30 bits per heavy atom. The van der Waals surface area contributed by atoms with Gasteiger partial charge in [-0.25, -0.2) is 0 Å². The summed E-state index contributed by atoms with van der Waals surface area (Å²) in [5.41, 5.74) is 0. The highest BCUT2D eigenvalue weighted by atomic mass is 16.5. The second kappa shape index (κ2) is 5.15. The van der Waals surface area contributed by atoms with Crippen molar-refractivity contribution in [2.24, 2.45) is 5.92 Å². The molecule has 2 aromatic heterocycles. The number of carbonyl (C=O) groups is 1. The molecule has 0 saturated heterocycles. The Bertz CT molecular complexity index is 614. The van der Waals surface area contributed by atoms with E-state index < -0.39 is 0 Å². The molecule has 5 nitrogen and oxygen atoms in total. The van der Waals surface area contributed by atoms with Crippen molar-refractivity contribution in [2.75, 3.05) is 5.32 Å². The summed E-state index contributed by atoms with van der Waals surface area (Å²) in [6, 6.07) is 5.69. The third-order valence-corrected chi connectivity index (χ3v) is 3.65. The lowest BCUT2D eigenvalue weighted by atomic mass is 10.2. The first-order valence-electron chi connectivity index (χ1n) is 6.93. The van der Waals surface area contributed by atoms with E-state index in [0.29, 0.717) is 30.3 Å². The van der Waals surface area contributed by atoms with E-state index in [1.807, 2.05) is 12.1 Å². The number of aromatic nitrogens is 1. The van der Waals surface area contributed by atoms with Gasteiger partial charge in [-0.3, -0.25) is 4.79 Å². The largest absolute Gasteiger partial charge is 0.466 e. The Morgan fingerprint density at radius 3 is 2.95 bits per heavy atom. The maximum atomic E-state index is 11.8. The maximum absolute atomic E-state index is 11.8. The molecule has 106 valence electrons. The highest BCUT2D eigenvalue weighted by Gasteiger charge is 2.36. The van der Waals surface area contributed by atoms with Crippen molar-refractivity contribution in [3.63, 3.8) is 0 Å². The van der Waals surface area contributed by atoms with Crippen molar-refractivity contribution in [1.82, 2.24) is 5.16 Å². The van der Waals surface area contributed by atoms with Crippen LogP contribution in [0.15, 0.2) is 27.1 Å². The number of aryl methyl sites for hydroxylation is 2. The quantitative estimate of drug-likeness (QED) is 0.908. The first kappa shape index (κ1) is 13.0. The molecule has 0 spiro atoms. The van der Waals surface area contributed by atoms with E-state index in [0.717, 1.165) is 17.4 Å². The lowest BCUT2D eigenvalue weighted by Crippen LogP contribution is -2.12. The van der Waals surface area contributed by atoms with Gasteiger partial charge in [0.25, 0.3) is 0 Å². The molecule has 2 aromatic rings. The summed E-state index contributed by atoms with van der Waals surface area (Å²) in [4.78, 5) is 11.8. The fourth-order valence-electron chi connectivity index (χ4n) is 2.31. The van der Waals surface area contributed by atoms with E-state index in [9.17, 15) is 4.79 Å². The predicted molar refractivity (Wildman–Crippen MR) is 73.4 cm³/mol. The lowest BCUT2D eigenvalue weighted by molar-refractivity contribution is -0.116. The highest BCUT2D eigenvalue weighted by molar-refractivity contribution is 5.89. The topological polar surface area (TPSA) is 68.3 Å². The summed E-state index contributed by atoms with van der Waals surface area (Å²) in [6.45, 7) is 4.01. The second-order valence-corrected chi connectivity index (χ2v) is 5.49. The van der Waals surface area contributed by atoms with E-state index in [-0.39, 0.29) is 5.91 Å². The highest BCUT2D eigenvalue weighted by Crippen LogP contribution is 2.47. The van der Waals surface area contributed by atoms with Crippen molar-refractivity contribution in [3.05, 3.63) is 35.5 Å². The molecule has 1 N–H and O–H groups in total. The number of hydrogen-bond acceptors (Lipinski definition) is 4. The van der Waals surface area contributed by atoms with E-state index in [4.69, 9.17) is 8.94 Å². The zero-order valence-corrected chi connectivity index (χ0v) is 11.7. The third-order valence-electron chi connectivity index (χ3n) is 3.65. The summed E-state index contributed by atoms with van der Waals surface area (Å²) in [7, 11) is 0. The van der Waals surface area contributed by atoms with Gasteiger partial charge in [-0.2, -0.15) is 0 Å². The molecule has 0 unspecified atom stereocenters. The van der Waals surface area contributed by atoms with Crippen LogP contribution in [-0.4, -0.2) is 11.1 Å². The van der Waals surface area contributed by atoms with E-state index in [1.165, 1.54) is 6.42 Å². The molecule has 1 aliphatic rings. The van der Waals surface area contributed by atoms with Crippen LogP contribution in [-0.2, 0) is 11.2 Å². The minimum Gasteiger partial charge on any atom is -0.466 e. The van der Waals surface area contributed by atoms with Crippen molar-refractivity contribution >= 4 is 11.7 Å². The fraction of sp³-hybridized carbons (Fsp3) is 0.467. The molecule has 2 heterocycles. The number of hydrogen-bond donors (Lipinski definition) is 1. The van der Waals surface area contributed by atoms with Gasteiger partial charge in [-0.1, -0.05) is 12.1 Å². The monoisotopic (exact) mass is 274 g/mol. The number of nitrogens with zero attached hydrogens (tertiary/aromatic N) is 1. The van der Waals surface area contributed by atoms with Crippen LogP contribution < -0.4 is 5.32 Å². The first-order valence-corrected chi connectivity index (χ1v) is 6.93. The normalized spacial score (nSPS) is 20.9. The van der Waals surface area contributed by atoms with Crippen molar-refractivity contribution < 1.29 is 13.7 Å². The Kier molecular flexibility index (Phi) is 3.34. The molecule has 1 fully saturated rings. The van der Waals surface area contributed by atoms with Crippen LogP contribution in [0.25, 0.3) is 0 Å². The van der Waals surface area contributed by atoms with E-state index >= 15 is 0 Å². The molecule has 1 saturated carbocycles. The Hall–Kier alpha value is -2.04. The van der Waals surface area contributed by atoms with Gasteiger partial charge in [-0.15, -0.1) is 0 Å². The lowest BCUT2D eigenvalue weighted by Gasteiger charge is -1.99. The smallest absolute Gasteiger partial charge is 0.226 e.